The number of carbonyl (C=O) groups excluding carboxylic acids is 2. The van der Waals surface area contributed by atoms with Gasteiger partial charge in [0.25, 0.3) is 0 Å². The third-order valence-electron chi connectivity index (χ3n) is 2.16. The van der Waals surface area contributed by atoms with Crippen molar-refractivity contribution >= 4 is 35.6 Å². The number of hydrogen-bond acceptors (Lipinski definition) is 3. The second-order valence-electron chi connectivity index (χ2n) is 3.78. The van der Waals surface area contributed by atoms with Crippen molar-refractivity contribution in [3.05, 3.63) is 24.0 Å². The van der Waals surface area contributed by atoms with Crippen molar-refractivity contribution in [1.29, 1.82) is 0 Å². The third-order valence-corrected chi connectivity index (χ3v) is 2.16. The lowest BCUT2D eigenvalue weighted by molar-refractivity contribution is -0.116. The molecule has 0 fully saturated rings. The van der Waals surface area contributed by atoms with E-state index in [2.05, 4.69) is 16.0 Å². The summed E-state index contributed by atoms with van der Waals surface area (Å²) in [6.45, 7) is 1.85. The van der Waals surface area contributed by atoms with Crippen LogP contribution >= 0.6 is 12.4 Å². The van der Waals surface area contributed by atoms with Crippen LogP contribution in [0.4, 0.5) is 15.8 Å². The number of halogens is 2. The van der Waals surface area contributed by atoms with E-state index in [-0.39, 0.29) is 29.9 Å². The molecule has 1 rings (SSSR count). The van der Waals surface area contributed by atoms with Gasteiger partial charge >= 0.3 is 0 Å². The van der Waals surface area contributed by atoms with Crippen LogP contribution < -0.4 is 16.0 Å². The maximum atomic E-state index is 13.3. The highest BCUT2D eigenvalue weighted by Crippen LogP contribution is 2.19. The molecule has 0 spiro atoms. The Morgan fingerprint density at radius 2 is 1.95 bits per heavy atom. The third kappa shape index (κ3) is 6.17. The molecule has 0 heterocycles. The zero-order chi connectivity index (χ0) is 13.5. The molecule has 3 N–H and O–H groups in total. The molecule has 0 saturated heterocycles. The first-order chi connectivity index (χ1) is 8.52. The van der Waals surface area contributed by atoms with E-state index in [1.54, 1.807) is 7.05 Å². The molecule has 0 unspecified atom stereocenters. The lowest BCUT2D eigenvalue weighted by Gasteiger charge is -2.08. The highest BCUT2D eigenvalue weighted by Gasteiger charge is 2.07. The minimum Gasteiger partial charge on any atom is -0.326 e. The van der Waals surface area contributed by atoms with Gasteiger partial charge in [-0.3, -0.25) is 9.59 Å². The summed E-state index contributed by atoms with van der Waals surface area (Å²) in [5.74, 6) is -1.09. The SMILES string of the molecule is CNCCC(=O)Nc1ccc(F)c(NC(C)=O)c1.Cl. The fourth-order valence-corrected chi connectivity index (χ4v) is 1.35. The van der Waals surface area contributed by atoms with Crippen molar-refractivity contribution in [3.63, 3.8) is 0 Å². The molecular formula is C12H17ClFN3O2. The standard InChI is InChI=1S/C12H16FN3O2.ClH/c1-8(17)15-11-7-9(3-4-10(11)13)16-12(18)5-6-14-2;/h3-4,7,14H,5-6H2,1-2H3,(H,15,17)(H,16,18);1H. The van der Waals surface area contributed by atoms with Crippen LogP contribution in [0.2, 0.25) is 0 Å². The maximum absolute atomic E-state index is 13.3. The summed E-state index contributed by atoms with van der Waals surface area (Å²) in [4.78, 5) is 22.3. The molecule has 0 saturated carbocycles. The molecule has 0 aliphatic carbocycles. The van der Waals surface area contributed by atoms with E-state index < -0.39 is 5.82 Å². The van der Waals surface area contributed by atoms with E-state index in [0.717, 1.165) is 0 Å². The van der Waals surface area contributed by atoms with Crippen LogP contribution in [0.5, 0.6) is 0 Å². The molecule has 2 amide bonds. The Bertz CT molecular complexity index is 455. The van der Waals surface area contributed by atoms with Crippen LogP contribution in [-0.4, -0.2) is 25.4 Å². The largest absolute Gasteiger partial charge is 0.326 e. The van der Waals surface area contributed by atoms with E-state index in [1.807, 2.05) is 0 Å². The van der Waals surface area contributed by atoms with Gasteiger partial charge in [-0.1, -0.05) is 0 Å². The number of rotatable bonds is 5. The monoisotopic (exact) mass is 289 g/mol. The summed E-state index contributed by atoms with van der Waals surface area (Å²) in [6, 6.07) is 4.02. The predicted octanol–water partition coefficient (Wildman–Crippen LogP) is 1.75. The number of anilines is 2. The Hall–Kier alpha value is -1.66. The van der Waals surface area contributed by atoms with E-state index in [0.29, 0.717) is 18.7 Å². The minimum atomic E-state index is -0.543. The summed E-state index contributed by atoms with van der Waals surface area (Å²) >= 11 is 0. The Balaban J connectivity index is 0.00000324. The van der Waals surface area contributed by atoms with Crippen molar-refractivity contribution in [2.75, 3.05) is 24.2 Å². The molecule has 7 heteroatoms. The maximum Gasteiger partial charge on any atom is 0.225 e. The Labute approximate surface area is 117 Å². The molecule has 0 aromatic heterocycles. The topological polar surface area (TPSA) is 70.2 Å². The van der Waals surface area contributed by atoms with Gasteiger partial charge in [-0.25, -0.2) is 4.39 Å². The van der Waals surface area contributed by atoms with E-state index >= 15 is 0 Å². The van der Waals surface area contributed by atoms with Crippen molar-refractivity contribution in [2.45, 2.75) is 13.3 Å². The van der Waals surface area contributed by atoms with E-state index in [4.69, 9.17) is 0 Å². The molecule has 0 radical (unpaired) electrons. The van der Waals surface area contributed by atoms with Gasteiger partial charge in [0.05, 0.1) is 5.69 Å². The molecule has 19 heavy (non-hydrogen) atoms. The van der Waals surface area contributed by atoms with Gasteiger partial charge in [0.15, 0.2) is 0 Å². The Morgan fingerprint density at radius 3 is 2.53 bits per heavy atom. The summed E-state index contributed by atoms with van der Waals surface area (Å²) < 4.78 is 13.3. The van der Waals surface area contributed by atoms with Crippen LogP contribution in [0.3, 0.4) is 0 Å². The molecule has 0 atom stereocenters. The van der Waals surface area contributed by atoms with Crippen LogP contribution in [0.15, 0.2) is 18.2 Å². The van der Waals surface area contributed by atoms with Crippen LogP contribution in [0.25, 0.3) is 0 Å². The lowest BCUT2D eigenvalue weighted by Crippen LogP contribution is -2.19. The predicted molar refractivity (Wildman–Crippen MR) is 75.1 cm³/mol. The first-order valence-electron chi connectivity index (χ1n) is 5.54. The molecule has 0 aliphatic heterocycles. The summed E-state index contributed by atoms with van der Waals surface area (Å²) in [5, 5.41) is 7.83. The lowest BCUT2D eigenvalue weighted by atomic mass is 10.2. The van der Waals surface area contributed by atoms with Crippen molar-refractivity contribution in [3.8, 4) is 0 Å². The number of carbonyl (C=O) groups is 2. The highest BCUT2D eigenvalue weighted by atomic mass is 35.5. The van der Waals surface area contributed by atoms with Crippen LogP contribution in [0.1, 0.15) is 13.3 Å². The zero-order valence-corrected chi connectivity index (χ0v) is 11.6. The van der Waals surface area contributed by atoms with E-state index in [9.17, 15) is 14.0 Å². The molecule has 1 aromatic carbocycles. The molecule has 0 bridgehead atoms. The number of amides is 2. The van der Waals surface area contributed by atoms with Crippen molar-refractivity contribution < 1.29 is 14.0 Å². The quantitative estimate of drug-likeness (QED) is 0.773. The fourth-order valence-electron chi connectivity index (χ4n) is 1.35. The van der Waals surface area contributed by atoms with Crippen molar-refractivity contribution in [1.82, 2.24) is 5.32 Å². The molecule has 106 valence electrons. The first kappa shape index (κ1) is 17.3. The zero-order valence-electron chi connectivity index (χ0n) is 10.7. The molecule has 1 aromatic rings. The van der Waals surface area contributed by atoms with Crippen molar-refractivity contribution in [2.24, 2.45) is 0 Å². The van der Waals surface area contributed by atoms with Gasteiger partial charge in [-0.05, 0) is 25.2 Å². The summed E-state index contributed by atoms with van der Waals surface area (Å²) in [5.41, 5.74) is 0.496. The average Bonchev–Trinajstić information content (AvgIpc) is 2.30. The van der Waals surface area contributed by atoms with Gasteiger partial charge < -0.3 is 16.0 Å². The molecule has 0 aliphatic rings. The smallest absolute Gasteiger partial charge is 0.225 e. The van der Waals surface area contributed by atoms with Gasteiger partial charge in [0, 0.05) is 25.6 Å². The second-order valence-corrected chi connectivity index (χ2v) is 3.78. The number of benzene rings is 1. The molecule has 5 nitrogen and oxygen atoms in total. The van der Waals surface area contributed by atoms with Gasteiger partial charge in [-0.15, -0.1) is 12.4 Å². The van der Waals surface area contributed by atoms with Gasteiger partial charge in [0.2, 0.25) is 11.8 Å². The average molecular weight is 290 g/mol. The van der Waals surface area contributed by atoms with Crippen LogP contribution in [0, 0.1) is 5.82 Å². The fraction of sp³-hybridized carbons (Fsp3) is 0.333. The Morgan fingerprint density at radius 1 is 1.26 bits per heavy atom. The van der Waals surface area contributed by atoms with Crippen LogP contribution in [-0.2, 0) is 9.59 Å². The van der Waals surface area contributed by atoms with E-state index in [1.165, 1.54) is 25.1 Å². The minimum absolute atomic E-state index is 0. The van der Waals surface area contributed by atoms with Gasteiger partial charge in [-0.2, -0.15) is 0 Å². The Kier molecular flexibility index (Phi) is 7.71. The first-order valence-corrected chi connectivity index (χ1v) is 5.54. The normalized spacial score (nSPS) is 9.42. The number of hydrogen-bond donors (Lipinski definition) is 3. The van der Waals surface area contributed by atoms with Gasteiger partial charge in [0.1, 0.15) is 5.82 Å². The molecular weight excluding hydrogens is 273 g/mol. The summed E-state index contributed by atoms with van der Waals surface area (Å²) in [7, 11) is 1.75. The highest BCUT2D eigenvalue weighted by molar-refractivity contribution is 5.93. The second kappa shape index (κ2) is 8.44. The number of nitrogens with one attached hydrogen (secondary N) is 3. The summed E-state index contributed by atoms with van der Waals surface area (Å²) in [6.07, 6.45) is 0.323.